The number of aromatic nitrogens is 1. The van der Waals surface area contributed by atoms with Crippen LogP contribution in [0.25, 0.3) is 11.1 Å². The highest BCUT2D eigenvalue weighted by molar-refractivity contribution is 8.13. The van der Waals surface area contributed by atoms with Crippen LogP contribution in [0.2, 0.25) is 0 Å². The first-order valence-corrected chi connectivity index (χ1v) is 12.5. The molecule has 0 aliphatic heterocycles. The standard InChI is InChI=1S/C23H22N2O5S2/c1-31-21(32(29,30)20-13-7-8-14-24-20)15-19(23(27)28)25-22(26)18-12-6-5-11-17(18)16-9-3-2-4-10-16/h2-14,19,21H,15H2,1H3,(H,25,26)(H,27,28). The average molecular weight is 471 g/mol. The van der Waals surface area contributed by atoms with Crippen LogP contribution in [-0.2, 0) is 14.6 Å². The molecule has 2 N–H and O–H groups in total. The predicted molar refractivity (Wildman–Crippen MR) is 124 cm³/mol. The van der Waals surface area contributed by atoms with Gasteiger partial charge in [-0.15, -0.1) is 11.8 Å². The lowest BCUT2D eigenvalue weighted by molar-refractivity contribution is -0.139. The van der Waals surface area contributed by atoms with Crippen LogP contribution < -0.4 is 5.32 Å². The van der Waals surface area contributed by atoms with Crippen molar-refractivity contribution in [3.8, 4) is 11.1 Å². The largest absolute Gasteiger partial charge is 0.480 e. The predicted octanol–water partition coefficient (Wildman–Crippen LogP) is 3.48. The van der Waals surface area contributed by atoms with Crippen LogP contribution in [0.5, 0.6) is 0 Å². The average Bonchev–Trinajstić information content (AvgIpc) is 2.82. The fraction of sp³-hybridized carbons (Fsp3) is 0.174. The van der Waals surface area contributed by atoms with Gasteiger partial charge < -0.3 is 10.4 Å². The molecule has 3 aromatic rings. The number of nitrogens with one attached hydrogen (secondary N) is 1. The van der Waals surface area contributed by atoms with Gasteiger partial charge in [-0.05, 0) is 35.6 Å². The summed E-state index contributed by atoms with van der Waals surface area (Å²) in [5, 5.41) is 12.1. The topological polar surface area (TPSA) is 113 Å². The SMILES string of the molecule is CSC(CC(NC(=O)c1ccccc1-c1ccccc1)C(=O)O)S(=O)(=O)c1ccccn1. The Morgan fingerprint density at radius 2 is 1.66 bits per heavy atom. The molecule has 0 spiro atoms. The molecule has 0 aliphatic rings. The molecule has 0 bridgehead atoms. The second-order valence-electron chi connectivity index (χ2n) is 6.89. The Kier molecular flexibility index (Phi) is 7.66. The van der Waals surface area contributed by atoms with Crippen molar-refractivity contribution in [1.29, 1.82) is 0 Å². The second kappa shape index (κ2) is 10.4. The van der Waals surface area contributed by atoms with E-state index in [1.54, 1.807) is 42.7 Å². The second-order valence-corrected chi connectivity index (χ2v) is 10.3. The highest BCUT2D eigenvalue weighted by Gasteiger charge is 2.34. The number of pyridine rings is 1. The van der Waals surface area contributed by atoms with Crippen LogP contribution in [0, 0.1) is 0 Å². The molecule has 0 aliphatic carbocycles. The first-order chi connectivity index (χ1) is 15.3. The van der Waals surface area contributed by atoms with Gasteiger partial charge in [0.25, 0.3) is 5.91 Å². The van der Waals surface area contributed by atoms with E-state index in [-0.39, 0.29) is 11.4 Å². The smallest absolute Gasteiger partial charge is 0.326 e. The number of hydrogen-bond acceptors (Lipinski definition) is 6. The monoisotopic (exact) mass is 470 g/mol. The Morgan fingerprint density at radius 1 is 1.00 bits per heavy atom. The summed E-state index contributed by atoms with van der Waals surface area (Å²) in [6, 6.07) is 19.2. The number of rotatable bonds is 9. The van der Waals surface area contributed by atoms with Crippen LogP contribution >= 0.6 is 11.8 Å². The summed E-state index contributed by atoms with van der Waals surface area (Å²) in [7, 11) is -3.89. The van der Waals surface area contributed by atoms with Gasteiger partial charge in [-0.25, -0.2) is 18.2 Å². The van der Waals surface area contributed by atoms with Gasteiger partial charge in [-0.1, -0.05) is 54.6 Å². The molecule has 1 amide bonds. The van der Waals surface area contributed by atoms with Gasteiger partial charge in [0.1, 0.15) is 10.6 Å². The quantitative estimate of drug-likeness (QED) is 0.492. The normalized spacial score (nSPS) is 13.2. The van der Waals surface area contributed by atoms with Crippen molar-refractivity contribution in [2.45, 2.75) is 22.1 Å². The van der Waals surface area contributed by atoms with Crippen molar-refractivity contribution >= 4 is 33.5 Å². The molecular formula is C23H22N2O5S2. The maximum Gasteiger partial charge on any atom is 0.326 e. The molecule has 0 saturated carbocycles. The number of thioether (sulfide) groups is 1. The van der Waals surface area contributed by atoms with E-state index in [0.717, 1.165) is 17.3 Å². The Labute approximate surface area is 190 Å². The zero-order chi connectivity index (χ0) is 23.1. The molecule has 3 rings (SSSR count). The molecule has 7 nitrogen and oxygen atoms in total. The van der Waals surface area contributed by atoms with Crippen molar-refractivity contribution < 1.29 is 23.1 Å². The Morgan fingerprint density at radius 3 is 2.28 bits per heavy atom. The third-order valence-electron chi connectivity index (χ3n) is 4.83. The van der Waals surface area contributed by atoms with Crippen LogP contribution in [0.1, 0.15) is 16.8 Å². The summed E-state index contributed by atoms with van der Waals surface area (Å²) < 4.78 is 24.8. The fourth-order valence-electron chi connectivity index (χ4n) is 3.20. The molecule has 0 radical (unpaired) electrons. The molecule has 1 heterocycles. The third kappa shape index (κ3) is 5.35. The van der Waals surface area contributed by atoms with Gasteiger partial charge in [-0.3, -0.25) is 4.79 Å². The lowest BCUT2D eigenvalue weighted by Crippen LogP contribution is -2.43. The maximum absolute atomic E-state index is 13.0. The number of sulfone groups is 1. The number of carboxylic acids is 1. The molecule has 2 atom stereocenters. The molecule has 2 aromatic carbocycles. The van der Waals surface area contributed by atoms with Crippen molar-refractivity contribution in [3.05, 3.63) is 84.6 Å². The number of hydrogen-bond donors (Lipinski definition) is 2. The zero-order valence-electron chi connectivity index (χ0n) is 17.2. The molecular weight excluding hydrogens is 448 g/mol. The van der Waals surface area contributed by atoms with E-state index in [1.807, 2.05) is 30.3 Å². The summed E-state index contributed by atoms with van der Waals surface area (Å²) in [5.74, 6) is -1.90. The summed E-state index contributed by atoms with van der Waals surface area (Å²) >= 11 is 0.998. The van der Waals surface area contributed by atoms with Gasteiger partial charge in [0.05, 0.1) is 0 Å². The zero-order valence-corrected chi connectivity index (χ0v) is 18.8. The number of aliphatic carboxylic acids is 1. The summed E-state index contributed by atoms with van der Waals surface area (Å²) in [6.45, 7) is 0. The number of carboxylic acid groups (broad SMARTS) is 1. The highest BCUT2D eigenvalue weighted by atomic mass is 32.3. The van der Waals surface area contributed by atoms with E-state index in [0.29, 0.717) is 11.1 Å². The first-order valence-electron chi connectivity index (χ1n) is 9.70. The highest BCUT2D eigenvalue weighted by Crippen LogP contribution is 2.27. The van der Waals surface area contributed by atoms with Crippen molar-refractivity contribution in [2.75, 3.05) is 6.26 Å². The number of carbonyl (C=O) groups excluding carboxylic acids is 1. The Hall–Kier alpha value is -3.17. The number of amides is 1. The van der Waals surface area contributed by atoms with Gasteiger partial charge in [0.15, 0.2) is 5.03 Å². The summed E-state index contributed by atoms with van der Waals surface area (Å²) in [6.07, 6.45) is 2.63. The molecule has 32 heavy (non-hydrogen) atoms. The van der Waals surface area contributed by atoms with Crippen LogP contribution in [-0.4, -0.2) is 47.3 Å². The first kappa shape index (κ1) is 23.5. The fourth-order valence-corrected chi connectivity index (χ4v) is 6.09. The van der Waals surface area contributed by atoms with E-state index in [9.17, 15) is 23.1 Å². The molecule has 2 unspecified atom stereocenters. The van der Waals surface area contributed by atoms with Crippen LogP contribution in [0.4, 0.5) is 0 Å². The van der Waals surface area contributed by atoms with Gasteiger partial charge >= 0.3 is 5.97 Å². The Balaban J connectivity index is 1.85. The minimum atomic E-state index is -3.89. The van der Waals surface area contributed by atoms with E-state index in [1.165, 1.54) is 12.3 Å². The lowest BCUT2D eigenvalue weighted by Gasteiger charge is -2.21. The van der Waals surface area contributed by atoms with Crippen molar-refractivity contribution in [3.63, 3.8) is 0 Å². The minimum Gasteiger partial charge on any atom is -0.480 e. The lowest BCUT2D eigenvalue weighted by atomic mass is 9.99. The van der Waals surface area contributed by atoms with Crippen LogP contribution in [0.15, 0.2) is 84.0 Å². The molecule has 1 aromatic heterocycles. The van der Waals surface area contributed by atoms with E-state index in [4.69, 9.17) is 0 Å². The van der Waals surface area contributed by atoms with Crippen LogP contribution in [0.3, 0.4) is 0 Å². The van der Waals surface area contributed by atoms with E-state index in [2.05, 4.69) is 10.3 Å². The summed E-state index contributed by atoms with van der Waals surface area (Å²) in [5.41, 5.74) is 1.76. The maximum atomic E-state index is 13.0. The van der Waals surface area contributed by atoms with Crippen molar-refractivity contribution in [1.82, 2.24) is 10.3 Å². The van der Waals surface area contributed by atoms with E-state index < -0.39 is 32.3 Å². The molecule has 9 heteroatoms. The molecule has 0 fully saturated rings. The Bertz CT molecular complexity index is 1190. The minimum absolute atomic E-state index is 0.135. The molecule has 166 valence electrons. The van der Waals surface area contributed by atoms with Gasteiger partial charge in [0, 0.05) is 18.2 Å². The van der Waals surface area contributed by atoms with Gasteiger partial charge in [-0.2, -0.15) is 0 Å². The number of nitrogens with zero attached hydrogens (tertiary/aromatic N) is 1. The summed E-state index contributed by atoms with van der Waals surface area (Å²) in [4.78, 5) is 28.8. The third-order valence-corrected chi connectivity index (χ3v) is 8.59. The number of carbonyl (C=O) groups is 2. The number of benzene rings is 2. The van der Waals surface area contributed by atoms with Crippen molar-refractivity contribution in [2.24, 2.45) is 0 Å². The van der Waals surface area contributed by atoms with Gasteiger partial charge in [0.2, 0.25) is 9.84 Å². The molecule has 0 saturated heterocycles. The van der Waals surface area contributed by atoms with E-state index >= 15 is 0 Å².